The van der Waals surface area contributed by atoms with Gasteiger partial charge in [0.05, 0.1) is 0 Å². The fourth-order valence-corrected chi connectivity index (χ4v) is 2.78. The molecule has 5 heteroatoms. The van der Waals surface area contributed by atoms with Gasteiger partial charge in [0.15, 0.2) is 0 Å². The summed E-state index contributed by atoms with van der Waals surface area (Å²) in [4.78, 5) is 15.8. The molecule has 0 spiro atoms. The van der Waals surface area contributed by atoms with Crippen LogP contribution in [0.2, 0.25) is 0 Å². The highest BCUT2D eigenvalue weighted by atomic mass is 79.9. The number of benzene rings is 1. The zero-order valence-corrected chi connectivity index (χ0v) is 12.9. The fraction of sp³-hybridized carbons (Fsp3) is 0.214. The highest BCUT2D eigenvalue weighted by Gasteiger charge is 2.09. The van der Waals surface area contributed by atoms with Crippen LogP contribution < -0.4 is 5.32 Å². The Morgan fingerprint density at radius 2 is 2.11 bits per heavy atom. The molecule has 0 fully saturated rings. The van der Waals surface area contributed by atoms with E-state index < -0.39 is 0 Å². The number of thioether (sulfide) groups is 1. The summed E-state index contributed by atoms with van der Waals surface area (Å²) >= 11 is 5.16. The summed E-state index contributed by atoms with van der Waals surface area (Å²) in [5.41, 5.74) is 0.598. The van der Waals surface area contributed by atoms with Crippen LogP contribution in [0.5, 0.6) is 0 Å². The lowest BCUT2D eigenvalue weighted by Gasteiger charge is -2.12. The molecule has 3 nitrogen and oxygen atoms in total. The van der Waals surface area contributed by atoms with Crippen molar-refractivity contribution in [3.05, 3.63) is 52.8 Å². The predicted molar refractivity (Wildman–Crippen MR) is 82.6 cm³/mol. The molecule has 0 radical (unpaired) electrons. The summed E-state index contributed by atoms with van der Waals surface area (Å²) in [5, 5.41) is 3.24. The number of halogens is 1. The molecule has 2 rings (SSSR count). The molecule has 2 aromatic rings. The van der Waals surface area contributed by atoms with Crippen molar-refractivity contribution in [2.24, 2.45) is 0 Å². The SMILES string of the molecule is CC(CNC(=O)c1ccc[nH]1)Sc1ccc(Br)cc1. The molecule has 0 bridgehead atoms. The van der Waals surface area contributed by atoms with E-state index in [1.165, 1.54) is 4.90 Å². The second-order valence-electron chi connectivity index (χ2n) is 4.18. The second-order valence-corrected chi connectivity index (χ2v) is 6.60. The fourth-order valence-electron chi connectivity index (χ4n) is 1.59. The van der Waals surface area contributed by atoms with Gasteiger partial charge in [-0.25, -0.2) is 0 Å². The number of aromatic nitrogens is 1. The van der Waals surface area contributed by atoms with Crippen LogP contribution in [0.4, 0.5) is 0 Å². The number of nitrogens with one attached hydrogen (secondary N) is 2. The van der Waals surface area contributed by atoms with Gasteiger partial charge in [-0.05, 0) is 36.4 Å². The van der Waals surface area contributed by atoms with Gasteiger partial charge in [-0.3, -0.25) is 4.79 Å². The van der Waals surface area contributed by atoms with Crippen molar-refractivity contribution in [1.29, 1.82) is 0 Å². The van der Waals surface area contributed by atoms with E-state index in [9.17, 15) is 4.79 Å². The minimum atomic E-state index is -0.0618. The monoisotopic (exact) mass is 338 g/mol. The van der Waals surface area contributed by atoms with Gasteiger partial charge < -0.3 is 10.3 Å². The van der Waals surface area contributed by atoms with Gasteiger partial charge in [-0.2, -0.15) is 0 Å². The molecule has 0 aliphatic carbocycles. The lowest BCUT2D eigenvalue weighted by Crippen LogP contribution is -2.29. The van der Waals surface area contributed by atoms with E-state index in [-0.39, 0.29) is 5.91 Å². The third-order valence-electron chi connectivity index (χ3n) is 2.54. The molecule has 1 unspecified atom stereocenters. The van der Waals surface area contributed by atoms with E-state index in [4.69, 9.17) is 0 Å². The van der Waals surface area contributed by atoms with E-state index >= 15 is 0 Å². The number of amides is 1. The second kappa shape index (κ2) is 6.82. The zero-order valence-electron chi connectivity index (χ0n) is 10.5. The summed E-state index contributed by atoms with van der Waals surface area (Å²) < 4.78 is 1.07. The molecule has 2 N–H and O–H groups in total. The average molecular weight is 339 g/mol. The molecule has 1 aromatic carbocycles. The highest BCUT2D eigenvalue weighted by molar-refractivity contribution is 9.10. The smallest absolute Gasteiger partial charge is 0.267 e. The lowest BCUT2D eigenvalue weighted by molar-refractivity contribution is 0.0950. The average Bonchev–Trinajstić information content (AvgIpc) is 2.93. The molecular formula is C14H15BrN2OS. The number of hydrogen-bond donors (Lipinski definition) is 2. The first-order chi connectivity index (χ1) is 9.15. The highest BCUT2D eigenvalue weighted by Crippen LogP contribution is 2.24. The van der Waals surface area contributed by atoms with Crippen molar-refractivity contribution in [3.63, 3.8) is 0 Å². The van der Waals surface area contributed by atoms with E-state index in [0.717, 1.165) is 4.47 Å². The van der Waals surface area contributed by atoms with E-state index in [1.807, 2.05) is 18.2 Å². The molecule has 1 heterocycles. The quantitative estimate of drug-likeness (QED) is 0.816. The maximum Gasteiger partial charge on any atom is 0.267 e. The Morgan fingerprint density at radius 3 is 2.74 bits per heavy atom. The Balaban J connectivity index is 1.80. The Kier molecular flexibility index (Phi) is 5.10. The van der Waals surface area contributed by atoms with Crippen LogP contribution in [0.15, 0.2) is 52.0 Å². The number of hydrogen-bond acceptors (Lipinski definition) is 2. The Labute approximate surface area is 125 Å². The number of carbonyl (C=O) groups excluding carboxylic acids is 1. The molecule has 0 saturated carbocycles. The van der Waals surface area contributed by atoms with Crippen molar-refractivity contribution >= 4 is 33.6 Å². The van der Waals surface area contributed by atoms with Gasteiger partial charge in [0.1, 0.15) is 5.69 Å². The van der Waals surface area contributed by atoms with Gasteiger partial charge in [0.25, 0.3) is 5.91 Å². The zero-order chi connectivity index (χ0) is 13.7. The van der Waals surface area contributed by atoms with Gasteiger partial charge in [-0.15, -0.1) is 11.8 Å². The van der Waals surface area contributed by atoms with Crippen molar-refractivity contribution in [2.45, 2.75) is 17.1 Å². The predicted octanol–water partition coefficient (Wildman–Crippen LogP) is 3.69. The number of carbonyl (C=O) groups is 1. The molecule has 19 heavy (non-hydrogen) atoms. The molecule has 1 amide bonds. The first-order valence-electron chi connectivity index (χ1n) is 5.99. The molecule has 1 atom stereocenters. The van der Waals surface area contributed by atoms with Gasteiger partial charge in [0, 0.05) is 27.4 Å². The van der Waals surface area contributed by atoms with Crippen LogP contribution in [-0.2, 0) is 0 Å². The van der Waals surface area contributed by atoms with Crippen molar-refractivity contribution < 1.29 is 4.79 Å². The van der Waals surface area contributed by atoms with Gasteiger partial charge in [0.2, 0.25) is 0 Å². The van der Waals surface area contributed by atoms with E-state index in [2.05, 4.69) is 45.3 Å². The third kappa shape index (κ3) is 4.44. The van der Waals surface area contributed by atoms with Crippen molar-refractivity contribution in [1.82, 2.24) is 10.3 Å². The maximum absolute atomic E-state index is 11.7. The van der Waals surface area contributed by atoms with Crippen LogP contribution in [0.3, 0.4) is 0 Å². The van der Waals surface area contributed by atoms with Crippen molar-refractivity contribution in [3.8, 4) is 0 Å². The molecular weight excluding hydrogens is 324 g/mol. The molecule has 100 valence electrons. The van der Waals surface area contributed by atoms with E-state index in [0.29, 0.717) is 17.5 Å². The van der Waals surface area contributed by atoms with Crippen LogP contribution in [0.25, 0.3) is 0 Å². The van der Waals surface area contributed by atoms with Gasteiger partial charge >= 0.3 is 0 Å². The Hall–Kier alpha value is -1.20. The Bertz CT molecular complexity index is 525. The van der Waals surface area contributed by atoms with Gasteiger partial charge in [-0.1, -0.05) is 22.9 Å². The van der Waals surface area contributed by atoms with Crippen LogP contribution in [-0.4, -0.2) is 22.7 Å². The molecule has 1 aromatic heterocycles. The third-order valence-corrected chi connectivity index (χ3v) is 4.19. The molecule has 0 saturated heterocycles. The first kappa shape index (κ1) is 14.2. The molecule has 0 aliphatic heterocycles. The van der Waals surface area contributed by atoms with Crippen LogP contribution in [0.1, 0.15) is 17.4 Å². The van der Waals surface area contributed by atoms with Crippen LogP contribution >= 0.6 is 27.7 Å². The summed E-state index contributed by atoms with van der Waals surface area (Å²) in [7, 11) is 0. The largest absolute Gasteiger partial charge is 0.357 e. The minimum absolute atomic E-state index is 0.0618. The van der Waals surface area contributed by atoms with Crippen molar-refractivity contribution in [2.75, 3.05) is 6.54 Å². The number of H-pyrrole nitrogens is 1. The van der Waals surface area contributed by atoms with E-state index in [1.54, 1.807) is 24.0 Å². The number of aromatic amines is 1. The minimum Gasteiger partial charge on any atom is -0.357 e. The van der Waals surface area contributed by atoms with Crippen LogP contribution in [0, 0.1) is 0 Å². The Morgan fingerprint density at radius 1 is 1.37 bits per heavy atom. The lowest BCUT2D eigenvalue weighted by atomic mass is 10.4. The summed E-state index contributed by atoms with van der Waals surface area (Å²) in [6.07, 6.45) is 1.74. The standard InChI is InChI=1S/C14H15BrN2OS/c1-10(19-12-6-4-11(15)5-7-12)9-17-14(18)13-3-2-8-16-13/h2-8,10,16H,9H2,1H3,(H,17,18). The summed E-state index contributed by atoms with van der Waals surface area (Å²) in [6.45, 7) is 2.74. The maximum atomic E-state index is 11.7. The summed E-state index contributed by atoms with van der Waals surface area (Å²) in [5.74, 6) is -0.0618. The topological polar surface area (TPSA) is 44.9 Å². The number of rotatable bonds is 5. The first-order valence-corrected chi connectivity index (χ1v) is 7.66. The normalized spacial score (nSPS) is 12.1. The summed E-state index contributed by atoms with van der Waals surface area (Å²) in [6, 6.07) is 11.8. The molecule has 0 aliphatic rings.